The van der Waals surface area contributed by atoms with Crippen LogP contribution in [0.25, 0.3) is 0 Å². The van der Waals surface area contributed by atoms with Crippen LogP contribution < -0.4 is 10.1 Å². The van der Waals surface area contributed by atoms with Gasteiger partial charge in [0.25, 0.3) is 5.91 Å². The van der Waals surface area contributed by atoms with Crippen molar-refractivity contribution in [3.63, 3.8) is 0 Å². The summed E-state index contributed by atoms with van der Waals surface area (Å²) < 4.78 is 5.99. The minimum absolute atomic E-state index is 0.0907. The molecule has 2 aromatic rings. The zero-order chi connectivity index (χ0) is 17.9. The minimum atomic E-state index is 0.0907. The number of nitrogens with one attached hydrogen (secondary N) is 1. The number of hydrogen-bond acceptors (Lipinski definition) is 3. The zero-order valence-corrected chi connectivity index (χ0v) is 15.4. The lowest BCUT2D eigenvalue weighted by molar-refractivity contribution is 0.0675. The SMILES string of the molecule is O=C(c1ccccc1OCc1ccc(Cl)cc1)N1C2CCNCC1CC2. The fourth-order valence-electron chi connectivity index (χ4n) is 3.96. The highest BCUT2D eigenvalue weighted by Crippen LogP contribution is 2.32. The van der Waals surface area contributed by atoms with Gasteiger partial charge in [-0.3, -0.25) is 4.79 Å². The molecule has 2 atom stereocenters. The molecule has 1 amide bonds. The number of carbonyl (C=O) groups is 1. The summed E-state index contributed by atoms with van der Waals surface area (Å²) >= 11 is 5.93. The average molecular weight is 371 g/mol. The van der Waals surface area contributed by atoms with E-state index in [1.165, 1.54) is 0 Å². The van der Waals surface area contributed by atoms with Crippen molar-refractivity contribution >= 4 is 17.5 Å². The lowest BCUT2D eigenvalue weighted by Gasteiger charge is -2.28. The molecule has 4 nitrogen and oxygen atoms in total. The second kappa shape index (κ2) is 7.68. The highest BCUT2D eigenvalue weighted by molar-refractivity contribution is 6.30. The maximum absolute atomic E-state index is 13.3. The molecule has 2 saturated heterocycles. The van der Waals surface area contributed by atoms with Crippen molar-refractivity contribution in [3.05, 3.63) is 64.7 Å². The molecule has 2 aromatic carbocycles. The van der Waals surface area contributed by atoms with Crippen LogP contribution in [0.15, 0.2) is 48.5 Å². The average Bonchev–Trinajstić information content (AvgIpc) is 2.93. The fourth-order valence-corrected chi connectivity index (χ4v) is 4.09. The molecule has 2 bridgehead atoms. The van der Waals surface area contributed by atoms with E-state index in [9.17, 15) is 4.79 Å². The van der Waals surface area contributed by atoms with Crippen molar-refractivity contribution < 1.29 is 9.53 Å². The minimum Gasteiger partial charge on any atom is -0.488 e. The van der Waals surface area contributed by atoms with Crippen LogP contribution in [0.1, 0.15) is 35.2 Å². The van der Waals surface area contributed by atoms with Gasteiger partial charge in [-0.2, -0.15) is 0 Å². The first-order chi connectivity index (χ1) is 12.7. The highest BCUT2D eigenvalue weighted by Gasteiger charge is 2.39. The Labute approximate surface area is 159 Å². The van der Waals surface area contributed by atoms with Gasteiger partial charge in [-0.15, -0.1) is 0 Å². The molecule has 0 spiro atoms. The molecule has 0 aromatic heterocycles. The molecule has 2 fully saturated rings. The highest BCUT2D eigenvalue weighted by atomic mass is 35.5. The first-order valence-electron chi connectivity index (χ1n) is 9.22. The van der Waals surface area contributed by atoms with Gasteiger partial charge < -0.3 is 15.0 Å². The Hall–Kier alpha value is -2.04. The molecule has 2 aliphatic rings. The van der Waals surface area contributed by atoms with Gasteiger partial charge in [-0.1, -0.05) is 35.9 Å². The lowest BCUT2D eigenvalue weighted by atomic mass is 10.1. The molecule has 0 aliphatic carbocycles. The first-order valence-corrected chi connectivity index (χ1v) is 9.60. The molecular weight excluding hydrogens is 348 g/mol. The summed E-state index contributed by atoms with van der Waals surface area (Å²) in [7, 11) is 0. The molecule has 1 N–H and O–H groups in total. The summed E-state index contributed by atoms with van der Waals surface area (Å²) in [5.41, 5.74) is 1.68. The summed E-state index contributed by atoms with van der Waals surface area (Å²) in [6.45, 7) is 2.28. The Morgan fingerprint density at radius 2 is 1.85 bits per heavy atom. The smallest absolute Gasteiger partial charge is 0.258 e. The van der Waals surface area contributed by atoms with Crippen molar-refractivity contribution in [2.24, 2.45) is 0 Å². The predicted octanol–water partition coefficient (Wildman–Crippen LogP) is 3.89. The van der Waals surface area contributed by atoms with E-state index in [1.807, 2.05) is 48.5 Å². The van der Waals surface area contributed by atoms with E-state index in [1.54, 1.807) is 0 Å². The van der Waals surface area contributed by atoms with E-state index >= 15 is 0 Å². The van der Waals surface area contributed by atoms with Crippen LogP contribution in [-0.4, -0.2) is 36.0 Å². The molecule has 2 heterocycles. The molecule has 4 rings (SSSR count). The quantitative estimate of drug-likeness (QED) is 0.887. The summed E-state index contributed by atoms with van der Waals surface area (Å²) in [5.74, 6) is 0.733. The Morgan fingerprint density at radius 1 is 1.08 bits per heavy atom. The topological polar surface area (TPSA) is 41.6 Å². The van der Waals surface area contributed by atoms with Crippen LogP contribution in [0.4, 0.5) is 0 Å². The molecule has 2 unspecified atom stereocenters. The van der Waals surface area contributed by atoms with Crippen molar-refractivity contribution in [1.82, 2.24) is 10.2 Å². The van der Waals surface area contributed by atoms with E-state index in [-0.39, 0.29) is 5.91 Å². The number of ether oxygens (including phenoxy) is 1. The molecule has 26 heavy (non-hydrogen) atoms. The monoisotopic (exact) mass is 370 g/mol. The number of hydrogen-bond donors (Lipinski definition) is 1. The molecule has 0 radical (unpaired) electrons. The van der Waals surface area contributed by atoms with Gasteiger partial charge >= 0.3 is 0 Å². The number of halogens is 1. The van der Waals surface area contributed by atoms with Gasteiger partial charge in [-0.05, 0) is 55.6 Å². The maximum atomic E-state index is 13.3. The Morgan fingerprint density at radius 3 is 2.69 bits per heavy atom. The summed E-state index contributed by atoms with van der Waals surface area (Å²) in [5, 5.41) is 4.15. The van der Waals surface area contributed by atoms with Gasteiger partial charge in [0, 0.05) is 23.7 Å². The van der Waals surface area contributed by atoms with Gasteiger partial charge in [0.15, 0.2) is 0 Å². The van der Waals surface area contributed by atoms with E-state index in [0.29, 0.717) is 35.0 Å². The Kier molecular flexibility index (Phi) is 5.14. The fraction of sp³-hybridized carbons (Fsp3) is 0.381. The number of nitrogens with zero attached hydrogens (tertiary/aromatic N) is 1. The van der Waals surface area contributed by atoms with Crippen molar-refractivity contribution in [2.45, 2.75) is 38.0 Å². The largest absolute Gasteiger partial charge is 0.488 e. The lowest BCUT2D eigenvalue weighted by Crippen LogP contribution is -2.42. The number of fused-ring (bicyclic) bond motifs is 2. The van der Waals surface area contributed by atoms with Crippen LogP contribution in [0, 0.1) is 0 Å². The second-order valence-electron chi connectivity index (χ2n) is 7.00. The van der Waals surface area contributed by atoms with Gasteiger partial charge in [-0.25, -0.2) is 0 Å². The molecule has 0 saturated carbocycles. The van der Waals surface area contributed by atoms with Crippen LogP contribution in [0.5, 0.6) is 5.75 Å². The number of amides is 1. The van der Waals surface area contributed by atoms with Crippen LogP contribution in [0.3, 0.4) is 0 Å². The first kappa shape index (κ1) is 17.4. The van der Waals surface area contributed by atoms with Crippen molar-refractivity contribution in [3.8, 4) is 5.75 Å². The molecule has 2 aliphatic heterocycles. The Bertz CT molecular complexity index is 764. The number of benzene rings is 2. The van der Waals surface area contributed by atoms with E-state index in [2.05, 4.69) is 10.2 Å². The van der Waals surface area contributed by atoms with Crippen molar-refractivity contribution in [2.75, 3.05) is 13.1 Å². The summed E-state index contributed by atoms with van der Waals surface area (Å²) in [6, 6.07) is 15.8. The molecule has 5 heteroatoms. The predicted molar refractivity (Wildman–Crippen MR) is 103 cm³/mol. The van der Waals surface area contributed by atoms with Crippen LogP contribution in [-0.2, 0) is 6.61 Å². The molecular formula is C21H23ClN2O2. The normalized spacial score (nSPS) is 22.1. The summed E-state index contributed by atoms with van der Waals surface area (Å²) in [4.78, 5) is 15.4. The van der Waals surface area contributed by atoms with Crippen LogP contribution in [0.2, 0.25) is 5.02 Å². The van der Waals surface area contributed by atoms with E-state index < -0.39 is 0 Å². The zero-order valence-electron chi connectivity index (χ0n) is 14.7. The van der Waals surface area contributed by atoms with Gasteiger partial charge in [0.05, 0.1) is 5.56 Å². The van der Waals surface area contributed by atoms with Crippen molar-refractivity contribution in [1.29, 1.82) is 0 Å². The maximum Gasteiger partial charge on any atom is 0.258 e. The number of rotatable bonds is 4. The number of para-hydroxylation sites is 1. The standard InChI is InChI=1S/C21H23ClN2O2/c22-16-7-5-15(6-8-16)14-26-20-4-2-1-3-19(20)21(25)24-17-9-10-18(24)13-23-12-11-17/h1-8,17-18,23H,9-14H2. The number of carbonyl (C=O) groups excluding carboxylic acids is 1. The summed E-state index contributed by atoms with van der Waals surface area (Å²) in [6.07, 6.45) is 3.21. The second-order valence-corrected chi connectivity index (χ2v) is 7.44. The van der Waals surface area contributed by atoms with Gasteiger partial charge in [0.2, 0.25) is 0 Å². The van der Waals surface area contributed by atoms with Gasteiger partial charge in [0.1, 0.15) is 12.4 Å². The van der Waals surface area contributed by atoms with E-state index in [0.717, 1.165) is 37.9 Å². The van der Waals surface area contributed by atoms with E-state index in [4.69, 9.17) is 16.3 Å². The third-order valence-corrected chi connectivity index (χ3v) is 5.57. The Balaban J connectivity index is 1.53. The molecule has 136 valence electrons. The third kappa shape index (κ3) is 3.57. The third-order valence-electron chi connectivity index (χ3n) is 5.31. The van der Waals surface area contributed by atoms with Crippen LogP contribution >= 0.6 is 11.6 Å².